The number of thiophene rings is 1. The van der Waals surface area contributed by atoms with Crippen molar-refractivity contribution in [2.24, 2.45) is 0 Å². The Balaban J connectivity index is 1.99. The summed E-state index contributed by atoms with van der Waals surface area (Å²) in [6.07, 6.45) is -4.66. The maximum Gasteiger partial charge on any atom is 0.418 e. The average molecular weight is 420 g/mol. The Morgan fingerprint density at radius 1 is 1.15 bits per heavy atom. The van der Waals surface area contributed by atoms with E-state index in [1.54, 1.807) is 18.2 Å². The number of methoxy groups -OCH3 is 1. The summed E-state index contributed by atoms with van der Waals surface area (Å²) in [6.45, 7) is 0. The predicted molar refractivity (Wildman–Crippen MR) is 97.8 cm³/mol. The molecule has 0 unspecified atom stereocenters. The van der Waals surface area contributed by atoms with E-state index in [9.17, 15) is 18.0 Å². The number of anilines is 1. The number of nitrogens with one attached hydrogen (secondary N) is 1. The zero-order valence-corrected chi connectivity index (χ0v) is 15.4. The van der Waals surface area contributed by atoms with Crippen LogP contribution in [0.15, 0.2) is 36.4 Å². The fourth-order valence-corrected chi connectivity index (χ4v) is 3.92. The van der Waals surface area contributed by atoms with Crippen LogP contribution in [0.1, 0.15) is 15.2 Å². The number of carbonyl (C=O) groups is 1. The molecular weight excluding hydrogens is 410 g/mol. The van der Waals surface area contributed by atoms with Crippen LogP contribution < -0.4 is 10.1 Å². The van der Waals surface area contributed by atoms with E-state index < -0.39 is 23.3 Å². The smallest absolute Gasteiger partial charge is 0.418 e. The molecule has 3 aromatic rings. The number of halogens is 5. The van der Waals surface area contributed by atoms with Crippen molar-refractivity contribution in [2.75, 3.05) is 12.4 Å². The summed E-state index contributed by atoms with van der Waals surface area (Å²) in [7, 11) is 1.49. The minimum atomic E-state index is -4.66. The van der Waals surface area contributed by atoms with Crippen LogP contribution in [-0.4, -0.2) is 13.0 Å². The van der Waals surface area contributed by atoms with Gasteiger partial charge in [-0.25, -0.2) is 0 Å². The molecule has 0 saturated carbocycles. The molecule has 0 atom stereocenters. The normalized spacial score (nSPS) is 11.6. The number of alkyl halides is 3. The first-order chi connectivity index (χ1) is 12.2. The van der Waals surface area contributed by atoms with Crippen molar-refractivity contribution >= 4 is 56.2 Å². The number of fused-ring (bicyclic) bond motifs is 1. The molecule has 0 fully saturated rings. The highest BCUT2D eigenvalue weighted by Crippen LogP contribution is 2.39. The highest BCUT2D eigenvalue weighted by Gasteiger charge is 2.34. The fraction of sp³-hybridized carbons (Fsp3) is 0.118. The van der Waals surface area contributed by atoms with Crippen LogP contribution in [0.5, 0.6) is 5.75 Å². The van der Waals surface area contributed by atoms with Gasteiger partial charge in [0.15, 0.2) is 0 Å². The van der Waals surface area contributed by atoms with Crippen LogP contribution in [0.4, 0.5) is 18.9 Å². The molecule has 1 N–H and O–H groups in total. The number of benzene rings is 2. The molecule has 1 heterocycles. The summed E-state index contributed by atoms with van der Waals surface area (Å²) >= 11 is 13.0. The topological polar surface area (TPSA) is 38.3 Å². The Hall–Kier alpha value is -1.96. The van der Waals surface area contributed by atoms with E-state index in [4.69, 9.17) is 27.9 Å². The minimum Gasteiger partial charge on any atom is -0.497 e. The first kappa shape index (κ1) is 18.8. The maximum absolute atomic E-state index is 13.2. The lowest BCUT2D eigenvalue weighted by molar-refractivity contribution is -0.136. The van der Waals surface area contributed by atoms with Crippen molar-refractivity contribution in [3.05, 3.63) is 56.9 Å². The molecule has 9 heteroatoms. The van der Waals surface area contributed by atoms with E-state index in [-0.39, 0.29) is 14.9 Å². The molecular formula is C17H10Cl2F3NO2S. The summed E-state index contributed by atoms with van der Waals surface area (Å²) in [6, 6.07) is 8.22. The standard InChI is InChI=1S/C17H10Cl2F3NO2S/c1-25-9-3-5-13-10(7-9)14(19)15(26-13)16(24)23-12-4-2-8(18)6-11(12)17(20,21)22/h2-7H,1H3,(H,23,24). The van der Waals surface area contributed by atoms with Crippen molar-refractivity contribution < 1.29 is 22.7 Å². The molecule has 1 amide bonds. The van der Waals surface area contributed by atoms with E-state index in [1.807, 2.05) is 0 Å². The lowest BCUT2D eigenvalue weighted by Gasteiger charge is -2.13. The molecule has 0 aliphatic heterocycles. The van der Waals surface area contributed by atoms with Crippen LogP contribution in [-0.2, 0) is 6.18 Å². The van der Waals surface area contributed by atoms with Gasteiger partial charge in [-0.1, -0.05) is 23.2 Å². The molecule has 3 nitrogen and oxygen atoms in total. The van der Waals surface area contributed by atoms with Gasteiger partial charge in [0.1, 0.15) is 10.6 Å². The largest absolute Gasteiger partial charge is 0.497 e. The number of rotatable bonds is 3. The molecule has 136 valence electrons. The lowest BCUT2D eigenvalue weighted by atomic mass is 10.1. The molecule has 0 saturated heterocycles. The Kier molecular flexibility index (Phi) is 5.05. The zero-order valence-electron chi connectivity index (χ0n) is 13.1. The average Bonchev–Trinajstić information content (AvgIpc) is 2.92. The van der Waals surface area contributed by atoms with Crippen LogP contribution in [0, 0.1) is 0 Å². The molecule has 0 bridgehead atoms. The molecule has 2 aromatic carbocycles. The third-order valence-electron chi connectivity index (χ3n) is 3.58. The Bertz CT molecular complexity index is 1000. The molecule has 0 aliphatic rings. The van der Waals surface area contributed by atoms with E-state index in [1.165, 1.54) is 13.2 Å². The fourth-order valence-electron chi connectivity index (χ4n) is 2.36. The number of hydrogen-bond donors (Lipinski definition) is 1. The number of hydrogen-bond acceptors (Lipinski definition) is 3. The summed E-state index contributed by atoms with van der Waals surface area (Å²) in [5, 5.41) is 2.93. The quantitative estimate of drug-likeness (QED) is 0.526. The van der Waals surface area contributed by atoms with Crippen LogP contribution in [0.2, 0.25) is 10.0 Å². The van der Waals surface area contributed by atoms with Crippen LogP contribution in [0.3, 0.4) is 0 Å². The first-order valence-corrected chi connectivity index (χ1v) is 8.72. The van der Waals surface area contributed by atoms with Crippen molar-refractivity contribution in [1.29, 1.82) is 0 Å². The van der Waals surface area contributed by atoms with Gasteiger partial charge in [0, 0.05) is 15.1 Å². The second kappa shape index (κ2) is 6.98. The van der Waals surface area contributed by atoms with Crippen LogP contribution in [0.25, 0.3) is 10.1 Å². The second-order valence-corrected chi connectivity index (χ2v) is 7.12. The second-order valence-electron chi connectivity index (χ2n) is 5.25. The molecule has 26 heavy (non-hydrogen) atoms. The van der Waals surface area contributed by atoms with E-state index in [0.717, 1.165) is 23.5 Å². The summed E-state index contributed by atoms with van der Waals surface area (Å²) in [4.78, 5) is 12.6. The minimum absolute atomic E-state index is 0.0812. The van der Waals surface area contributed by atoms with Crippen molar-refractivity contribution in [3.63, 3.8) is 0 Å². The summed E-state index contributed by atoms with van der Waals surface area (Å²) in [5.74, 6) is -0.177. The number of ether oxygens (including phenoxy) is 1. The molecule has 0 aliphatic carbocycles. The Morgan fingerprint density at radius 3 is 2.54 bits per heavy atom. The van der Waals surface area contributed by atoms with Gasteiger partial charge in [0.2, 0.25) is 0 Å². The zero-order chi connectivity index (χ0) is 19.1. The number of amides is 1. The highest BCUT2D eigenvalue weighted by molar-refractivity contribution is 7.21. The van der Waals surface area contributed by atoms with Crippen LogP contribution >= 0.6 is 34.5 Å². The van der Waals surface area contributed by atoms with Gasteiger partial charge < -0.3 is 10.1 Å². The monoisotopic (exact) mass is 419 g/mol. The van der Waals surface area contributed by atoms with Gasteiger partial charge in [0.05, 0.1) is 23.4 Å². The van der Waals surface area contributed by atoms with Crippen molar-refractivity contribution in [1.82, 2.24) is 0 Å². The van der Waals surface area contributed by atoms with Gasteiger partial charge in [-0.05, 0) is 36.4 Å². The van der Waals surface area contributed by atoms with Gasteiger partial charge in [-0.3, -0.25) is 4.79 Å². The predicted octanol–water partition coefficient (Wildman–Crippen LogP) is 6.49. The Morgan fingerprint density at radius 2 is 1.88 bits per heavy atom. The third-order valence-corrected chi connectivity index (χ3v) is 5.49. The highest BCUT2D eigenvalue weighted by atomic mass is 35.5. The lowest BCUT2D eigenvalue weighted by Crippen LogP contribution is -2.16. The molecule has 0 spiro atoms. The van der Waals surface area contributed by atoms with Gasteiger partial charge in [0.25, 0.3) is 5.91 Å². The van der Waals surface area contributed by atoms with E-state index >= 15 is 0 Å². The van der Waals surface area contributed by atoms with E-state index in [0.29, 0.717) is 15.8 Å². The molecule has 0 radical (unpaired) electrons. The Labute approximate surface area is 160 Å². The molecule has 3 rings (SSSR count). The maximum atomic E-state index is 13.2. The first-order valence-electron chi connectivity index (χ1n) is 7.15. The summed E-state index contributed by atoms with van der Waals surface area (Å²) < 4.78 is 45.3. The van der Waals surface area contributed by atoms with Crippen molar-refractivity contribution in [3.8, 4) is 5.75 Å². The van der Waals surface area contributed by atoms with Gasteiger partial charge in [-0.15, -0.1) is 11.3 Å². The third kappa shape index (κ3) is 3.60. The summed E-state index contributed by atoms with van der Waals surface area (Å²) in [5.41, 5.74) is -1.42. The van der Waals surface area contributed by atoms with Crippen molar-refractivity contribution in [2.45, 2.75) is 6.18 Å². The SMILES string of the molecule is COc1ccc2sc(C(=O)Nc3ccc(Cl)cc3C(F)(F)F)c(Cl)c2c1. The number of carbonyl (C=O) groups excluding carboxylic acids is 1. The van der Waals surface area contributed by atoms with Gasteiger partial charge in [-0.2, -0.15) is 13.2 Å². The molecule has 1 aromatic heterocycles. The van der Waals surface area contributed by atoms with E-state index in [2.05, 4.69) is 5.32 Å². The van der Waals surface area contributed by atoms with Gasteiger partial charge >= 0.3 is 6.18 Å².